The summed E-state index contributed by atoms with van der Waals surface area (Å²) in [5.41, 5.74) is 0.557. The zero-order valence-corrected chi connectivity index (χ0v) is 24.9. The Bertz CT molecular complexity index is 1460. The van der Waals surface area contributed by atoms with Gasteiger partial charge in [-0.05, 0) is 61.7 Å². The van der Waals surface area contributed by atoms with Gasteiger partial charge in [0.25, 0.3) is 15.7 Å². The van der Waals surface area contributed by atoms with Crippen LogP contribution < -0.4 is 14.4 Å². The molecule has 42 heavy (non-hydrogen) atoms. The second-order valence-electron chi connectivity index (χ2n) is 9.71. The first-order chi connectivity index (χ1) is 20.0. The number of nitro groups is 1. The maximum absolute atomic E-state index is 14.1. The maximum Gasteiger partial charge on any atom is 0.269 e. The van der Waals surface area contributed by atoms with Gasteiger partial charge in [0.1, 0.15) is 18.3 Å². The van der Waals surface area contributed by atoms with Crippen molar-refractivity contribution in [3.05, 3.63) is 94.5 Å². The second-order valence-corrected chi connectivity index (χ2v) is 11.6. The van der Waals surface area contributed by atoms with Gasteiger partial charge in [0.2, 0.25) is 11.8 Å². The highest BCUT2D eigenvalue weighted by molar-refractivity contribution is 7.92. The molecule has 0 saturated carbocycles. The summed E-state index contributed by atoms with van der Waals surface area (Å²) in [5.74, 6) is -0.340. The highest BCUT2D eigenvalue weighted by Crippen LogP contribution is 2.27. The minimum absolute atomic E-state index is 0.0365. The molecule has 0 aliphatic rings. The number of amides is 2. The van der Waals surface area contributed by atoms with E-state index in [9.17, 15) is 28.1 Å². The highest BCUT2D eigenvalue weighted by atomic mass is 32.2. The summed E-state index contributed by atoms with van der Waals surface area (Å²) < 4.78 is 33.8. The highest BCUT2D eigenvalue weighted by Gasteiger charge is 2.34. The van der Waals surface area contributed by atoms with E-state index in [-0.39, 0.29) is 41.2 Å². The molecule has 0 unspecified atom stereocenters. The lowest BCUT2D eigenvalue weighted by Gasteiger charge is -2.33. The Labute approximate surface area is 246 Å². The zero-order valence-electron chi connectivity index (χ0n) is 24.1. The molecule has 11 nitrogen and oxygen atoms in total. The summed E-state index contributed by atoms with van der Waals surface area (Å²) in [6, 6.07) is 18.5. The molecule has 12 heteroatoms. The number of nitrogens with one attached hydrogen (secondary N) is 1. The fraction of sp³-hybridized carbons (Fsp3) is 0.333. The number of sulfonamides is 1. The number of anilines is 1. The molecule has 0 aromatic heterocycles. The van der Waals surface area contributed by atoms with Crippen molar-refractivity contribution in [1.82, 2.24) is 10.2 Å². The molecule has 0 heterocycles. The van der Waals surface area contributed by atoms with E-state index >= 15 is 0 Å². The molecular weight excluding hydrogens is 560 g/mol. The number of benzene rings is 3. The van der Waals surface area contributed by atoms with Gasteiger partial charge in [0.15, 0.2) is 0 Å². The fourth-order valence-electron chi connectivity index (χ4n) is 4.28. The molecule has 2 amide bonds. The first-order valence-electron chi connectivity index (χ1n) is 13.6. The van der Waals surface area contributed by atoms with E-state index in [1.807, 2.05) is 13.8 Å². The van der Waals surface area contributed by atoms with Crippen molar-refractivity contribution in [2.24, 2.45) is 0 Å². The first kappa shape index (κ1) is 32.1. The summed E-state index contributed by atoms with van der Waals surface area (Å²) in [7, 11) is -2.74. The Morgan fingerprint density at radius 1 is 0.952 bits per heavy atom. The van der Waals surface area contributed by atoms with Crippen molar-refractivity contribution in [3.8, 4) is 5.75 Å². The zero-order chi connectivity index (χ0) is 30.9. The number of hydrogen-bond acceptors (Lipinski definition) is 7. The van der Waals surface area contributed by atoms with Gasteiger partial charge >= 0.3 is 0 Å². The van der Waals surface area contributed by atoms with Crippen LogP contribution in [0.3, 0.4) is 0 Å². The van der Waals surface area contributed by atoms with E-state index in [1.165, 1.54) is 48.4 Å². The van der Waals surface area contributed by atoms with E-state index in [4.69, 9.17) is 4.74 Å². The Morgan fingerprint density at radius 2 is 1.57 bits per heavy atom. The third-order valence-electron chi connectivity index (χ3n) is 6.86. The SMILES string of the molecule is CC[C@H](C)NC(=O)[C@H](CC)N(Cc1ccc(OC)cc1)C(=O)CN(c1ccc([N+](=O)[O-])cc1)S(=O)(=O)c1ccccc1. The Balaban J connectivity index is 2.06. The molecular formula is C30H36N4O7S. The Hall–Kier alpha value is -4.45. The summed E-state index contributed by atoms with van der Waals surface area (Å²) in [5, 5.41) is 14.1. The average molecular weight is 597 g/mol. The minimum atomic E-state index is -4.27. The van der Waals surface area contributed by atoms with Crippen molar-refractivity contribution in [2.75, 3.05) is 18.0 Å². The van der Waals surface area contributed by atoms with Gasteiger partial charge < -0.3 is 15.0 Å². The third-order valence-corrected chi connectivity index (χ3v) is 8.65. The standard InChI is InChI=1S/C30H36N4O7S/c1-5-22(3)31-30(36)28(6-2)32(20-23-12-18-26(41-4)19-13-23)29(35)21-33(24-14-16-25(17-15-24)34(37)38)42(39,40)27-10-8-7-9-11-27/h7-19,22,28H,5-6,20-21H2,1-4H3,(H,31,36)/t22-,28-/m0/s1. The molecule has 3 aromatic carbocycles. The molecule has 0 radical (unpaired) electrons. The first-order valence-corrected chi connectivity index (χ1v) is 15.0. The van der Waals surface area contributed by atoms with E-state index in [0.717, 1.165) is 4.31 Å². The number of rotatable bonds is 14. The minimum Gasteiger partial charge on any atom is -0.497 e. The van der Waals surface area contributed by atoms with E-state index in [2.05, 4.69) is 5.32 Å². The normalized spacial score (nSPS) is 12.6. The van der Waals surface area contributed by atoms with Crippen LogP contribution in [0.5, 0.6) is 5.75 Å². The summed E-state index contributed by atoms with van der Waals surface area (Å²) >= 11 is 0. The van der Waals surface area contributed by atoms with Crippen molar-refractivity contribution >= 4 is 33.2 Å². The maximum atomic E-state index is 14.1. The molecule has 224 valence electrons. The van der Waals surface area contributed by atoms with Crippen LogP contribution in [0.2, 0.25) is 0 Å². The van der Waals surface area contributed by atoms with Gasteiger partial charge in [-0.1, -0.05) is 44.2 Å². The Morgan fingerprint density at radius 3 is 2.10 bits per heavy atom. The monoisotopic (exact) mass is 596 g/mol. The van der Waals surface area contributed by atoms with Gasteiger partial charge in [0, 0.05) is 24.7 Å². The van der Waals surface area contributed by atoms with E-state index in [0.29, 0.717) is 17.7 Å². The average Bonchev–Trinajstić information content (AvgIpc) is 3.00. The van der Waals surface area contributed by atoms with E-state index < -0.39 is 33.4 Å². The lowest BCUT2D eigenvalue weighted by Crippen LogP contribution is -2.53. The molecule has 3 rings (SSSR count). The second kappa shape index (κ2) is 14.4. The van der Waals surface area contributed by atoms with Gasteiger partial charge in [-0.3, -0.25) is 24.0 Å². The van der Waals surface area contributed by atoms with Crippen LogP contribution in [0.1, 0.15) is 39.2 Å². The molecule has 0 saturated heterocycles. The van der Waals surface area contributed by atoms with E-state index in [1.54, 1.807) is 49.4 Å². The van der Waals surface area contributed by atoms with Crippen molar-refractivity contribution in [3.63, 3.8) is 0 Å². The number of nitrogens with zero attached hydrogens (tertiary/aromatic N) is 3. The number of non-ortho nitro benzene ring substituents is 1. The predicted molar refractivity (Wildman–Crippen MR) is 160 cm³/mol. The number of nitro benzene ring substituents is 1. The lowest BCUT2D eigenvalue weighted by molar-refractivity contribution is -0.384. The number of methoxy groups -OCH3 is 1. The van der Waals surface area contributed by atoms with Gasteiger partial charge in [-0.15, -0.1) is 0 Å². The molecule has 2 atom stereocenters. The van der Waals surface area contributed by atoms with Crippen LogP contribution in [-0.2, 0) is 26.2 Å². The van der Waals surface area contributed by atoms with Crippen molar-refractivity contribution in [1.29, 1.82) is 0 Å². The molecule has 0 aliphatic carbocycles. The quantitative estimate of drug-likeness (QED) is 0.213. The molecule has 3 aromatic rings. The number of ether oxygens (including phenoxy) is 1. The van der Waals surface area contributed by atoms with Crippen LogP contribution in [0.4, 0.5) is 11.4 Å². The molecule has 0 fully saturated rings. The molecule has 0 spiro atoms. The fourth-order valence-corrected chi connectivity index (χ4v) is 5.71. The largest absolute Gasteiger partial charge is 0.497 e. The number of carbonyl (C=O) groups excluding carboxylic acids is 2. The lowest BCUT2D eigenvalue weighted by atomic mass is 10.1. The topological polar surface area (TPSA) is 139 Å². The number of hydrogen-bond donors (Lipinski definition) is 1. The molecule has 0 bridgehead atoms. The van der Waals surface area contributed by atoms with Crippen molar-refractivity contribution in [2.45, 2.75) is 57.1 Å². The molecule has 1 N–H and O–H groups in total. The van der Waals surface area contributed by atoms with Gasteiger partial charge in [-0.25, -0.2) is 8.42 Å². The van der Waals surface area contributed by atoms with Crippen LogP contribution in [-0.4, -0.2) is 55.8 Å². The van der Waals surface area contributed by atoms with Gasteiger partial charge in [-0.2, -0.15) is 0 Å². The Kier molecular flexibility index (Phi) is 11.0. The van der Waals surface area contributed by atoms with Gasteiger partial charge in [0.05, 0.1) is 22.6 Å². The number of carbonyl (C=O) groups is 2. The smallest absolute Gasteiger partial charge is 0.269 e. The van der Waals surface area contributed by atoms with Crippen LogP contribution in [0.25, 0.3) is 0 Å². The molecule has 0 aliphatic heterocycles. The summed E-state index contributed by atoms with van der Waals surface area (Å²) in [6.07, 6.45) is 0.977. The van der Waals surface area contributed by atoms with Crippen LogP contribution in [0.15, 0.2) is 83.8 Å². The van der Waals surface area contributed by atoms with Crippen molar-refractivity contribution < 1.29 is 27.7 Å². The summed E-state index contributed by atoms with van der Waals surface area (Å²) in [6.45, 7) is 4.97. The van der Waals surface area contributed by atoms with Crippen LogP contribution in [0, 0.1) is 10.1 Å². The predicted octanol–water partition coefficient (Wildman–Crippen LogP) is 4.52. The third kappa shape index (κ3) is 7.84. The van der Waals surface area contributed by atoms with Crippen LogP contribution >= 0.6 is 0 Å². The summed E-state index contributed by atoms with van der Waals surface area (Å²) in [4.78, 5) is 39.4.